The van der Waals surface area contributed by atoms with Crippen molar-refractivity contribution in [3.63, 3.8) is 0 Å². The van der Waals surface area contributed by atoms with Gasteiger partial charge in [-0.3, -0.25) is 9.36 Å². The molecule has 0 radical (unpaired) electrons. The summed E-state index contributed by atoms with van der Waals surface area (Å²) in [4.78, 5) is 13.1. The molecule has 27 heavy (non-hydrogen) atoms. The van der Waals surface area contributed by atoms with E-state index in [0.29, 0.717) is 35.4 Å². The maximum absolute atomic E-state index is 14.4. The highest BCUT2D eigenvalue weighted by molar-refractivity contribution is 8.00. The maximum atomic E-state index is 14.4. The number of thioether (sulfide) groups is 1. The van der Waals surface area contributed by atoms with Gasteiger partial charge in [-0.2, -0.15) is 4.68 Å². The summed E-state index contributed by atoms with van der Waals surface area (Å²) in [6.45, 7) is 2.16. The van der Waals surface area contributed by atoms with Crippen LogP contribution in [0.2, 0.25) is 0 Å². The van der Waals surface area contributed by atoms with Crippen LogP contribution in [0.15, 0.2) is 24.3 Å². The van der Waals surface area contributed by atoms with E-state index in [4.69, 9.17) is 17.0 Å². The number of carbonyl (C=O) groups excluding carboxylic acids is 1. The second-order valence-corrected chi connectivity index (χ2v) is 8.61. The van der Waals surface area contributed by atoms with Crippen LogP contribution < -0.4 is 4.90 Å². The first-order valence-electron chi connectivity index (χ1n) is 9.05. The van der Waals surface area contributed by atoms with E-state index in [1.54, 1.807) is 28.6 Å². The molecule has 1 unspecified atom stereocenters. The molecular formula is C18H22FN4O2S2+. The molecule has 2 aliphatic rings. The number of nitrogens with one attached hydrogen (secondary N) is 1. The van der Waals surface area contributed by atoms with Crippen molar-refractivity contribution in [1.82, 2.24) is 14.3 Å². The first-order chi connectivity index (χ1) is 13.1. The molecule has 144 valence electrons. The van der Waals surface area contributed by atoms with Crippen LogP contribution in [0.1, 0.15) is 18.9 Å². The van der Waals surface area contributed by atoms with Gasteiger partial charge in [0, 0.05) is 11.8 Å². The molecule has 6 nitrogen and oxygen atoms in total. The van der Waals surface area contributed by atoms with Crippen molar-refractivity contribution in [3.05, 3.63) is 34.9 Å². The fourth-order valence-electron chi connectivity index (χ4n) is 3.42. The molecule has 2 fully saturated rings. The molecular weight excluding hydrogens is 387 g/mol. The number of nitrogens with zero attached hydrogens (tertiary/aromatic N) is 3. The number of benzene rings is 1. The zero-order valence-electron chi connectivity index (χ0n) is 15.1. The van der Waals surface area contributed by atoms with Gasteiger partial charge >= 0.3 is 5.97 Å². The molecule has 1 aliphatic heterocycles. The van der Waals surface area contributed by atoms with Crippen molar-refractivity contribution in [3.8, 4) is 11.4 Å². The Kier molecular flexibility index (Phi) is 5.34. The van der Waals surface area contributed by atoms with E-state index in [2.05, 4.69) is 5.10 Å². The van der Waals surface area contributed by atoms with Crippen molar-refractivity contribution >= 4 is 29.9 Å². The van der Waals surface area contributed by atoms with E-state index >= 15 is 0 Å². The van der Waals surface area contributed by atoms with Gasteiger partial charge in [-0.05, 0) is 37.2 Å². The minimum atomic E-state index is -0.293. The number of hydrogen-bond acceptors (Lipinski definition) is 5. The van der Waals surface area contributed by atoms with Gasteiger partial charge in [0.2, 0.25) is 4.77 Å². The van der Waals surface area contributed by atoms with E-state index in [9.17, 15) is 9.18 Å². The van der Waals surface area contributed by atoms with Gasteiger partial charge in [-0.15, -0.1) is 16.9 Å². The van der Waals surface area contributed by atoms with E-state index < -0.39 is 0 Å². The van der Waals surface area contributed by atoms with Gasteiger partial charge in [-0.25, -0.2) is 4.39 Å². The minimum absolute atomic E-state index is 0.163. The Morgan fingerprint density at radius 2 is 2.22 bits per heavy atom. The summed E-state index contributed by atoms with van der Waals surface area (Å²) < 4.78 is 23.6. The van der Waals surface area contributed by atoms with Gasteiger partial charge in [0.05, 0.1) is 19.2 Å². The predicted octanol–water partition coefficient (Wildman–Crippen LogP) is 1.69. The fourth-order valence-corrected chi connectivity index (χ4v) is 5.04. The van der Waals surface area contributed by atoms with Crippen molar-refractivity contribution in [2.45, 2.75) is 30.8 Å². The van der Waals surface area contributed by atoms with Crippen LogP contribution in [0, 0.1) is 10.6 Å². The van der Waals surface area contributed by atoms with E-state index in [1.165, 1.54) is 18.1 Å². The van der Waals surface area contributed by atoms with Crippen molar-refractivity contribution in [1.29, 1.82) is 0 Å². The molecule has 1 aliphatic carbocycles. The molecule has 4 rings (SSSR count). The Bertz CT molecular complexity index is 909. The normalized spacial score (nSPS) is 22.6. The summed E-state index contributed by atoms with van der Waals surface area (Å²) in [5, 5.41) is 4.52. The Hall–Kier alpha value is -1.71. The van der Waals surface area contributed by atoms with Crippen molar-refractivity contribution < 1.29 is 18.8 Å². The largest absolute Gasteiger partial charge is 0.468 e. The lowest BCUT2D eigenvalue weighted by molar-refractivity contribution is -0.921. The van der Waals surface area contributed by atoms with Gasteiger partial charge in [0.1, 0.15) is 12.4 Å². The number of esters is 1. The second-order valence-electron chi connectivity index (χ2n) is 6.93. The highest BCUT2D eigenvalue weighted by atomic mass is 32.2. The number of rotatable bonds is 5. The summed E-state index contributed by atoms with van der Waals surface area (Å²) in [5.41, 5.74) is 0.478. The number of carbonyl (C=O) groups is 1. The summed E-state index contributed by atoms with van der Waals surface area (Å²) in [6, 6.07) is 6.98. The van der Waals surface area contributed by atoms with Gasteiger partial charge in [0.15, 0.2) is 17.7 Å². The van der Waals surface area contributed by atoms with Crippen molar-refractivity contribution in [2.24, 2.45) is 0 Å². The lowest BCUT2D eigenvalue weighted by atomic mass is 10.2. The van der Waals surface area contributed by atoms with Crippen LogP contribution in [0.25, 0.3) is 11.4 Å². The molecule has 0 spiro atoms. The molecule has 9 heteroatoms. The van der Waals surface area contributed by atoms with E-state index in [0.717, 1.165) is 25.1 Å². The van der Waals surface area contributed by atoms with Crippen LogP contribution in [0.5, 0.6) is 0 Å². The van der Waals surface area contributed by atoms with E-state index in [-0.39, 0.29) is 17.0 Å². The molecule has 2 atom stereocenters. The molecule has 1 aromatic heterocycles. The Morgan fingerprint density at radius 1 is 1.44 bits per heavy atom. The molecule has 1 aromatic carbocycles. The molecule has 1 saturated heterocycles. The summed E-state index contributed by atoms with van der Waals surface area (Å²) in [6.07, 6.45) is 2.08. The third kappa shape index (κ3) is 3.81. The number of aromatic nitrogens is 3. The van der Waals surface area contributed by atoms with E-state index in [1.807, 2.05) is 10.6 Å². The average molecular weight is 410 g/mol. The van der Waals surface area contributed by atoms with Gasteiger partial charge in [0.25, 0.3) is 0 Å². The van der Waals surface area contributed by atoms with Crippen LogP contribution in [0.3, 0.4) is 0 Å². The van der Waals surface area contributed by atoms with Crippen LogP contribution in [-0.2, 0) is 16.2 Å². The van der Waals surface area contributed by atoms with Crippen LogP contribution in [-0.4, -0.2) is 51.5 Å². The number of hydrogen-bond donors (Lipinski definition) is 1. The Labute approximate surface area is 166 Å². The van der Waals surface area contributed by atoms with Gasteiger partial charge in [-0.1, -0.05) is 12.1 Å². The SMILES string of the molecule is COC(=O)[C@@H]1C[NH+](Cn2nc(-c3ccccc3F)n(C3CC3)c2=S)CCS1. The summed E-state index contributed by atoms with van der Waals surface area (Å²) >= 11 is 7.31. The zero-order valence-corrected chi connectivity index (χ0v) is 16.7. The minimum Gasteiger partial charge on any atom is -0.468 e. The van der Waals surface area contributed by atoms with Crippen molar-refractivity contribution in [2.75, 3.05) is 26.0 Å². The highest BCUT2D eigenvalue weighted by Gasteiger charge is 2.33. The first-order valence-corrected chi connectivity index (χ1v) is 10.5. The Balaban J connectivity index is 1.62. The monoisotopic (exact) mass is 409 g/mol. The van der Waals surface area contributed by atoms with Gasteiger partial charge < -0.3 is 9.64 Å². The number of methoxy groups -OCH3 is 1. The molecule has 0 bridgehead atoms. The summed E-state index contributed by atoms with van der Waals surface area (Å²) in [7, 11) is 1.42. The quantitative estimate of drug-likeness (QED) is 0.602. The summed E-state index contributed by atoms with van der Waals surface area (Å²) in [5.74, 6) is 0.998. The number of halogens is 1. The second kappa shape index (κ2) is 7.73. The predicted molar refractivity (Wildman–Crippen MR) is 104 cm³/mol. The number of ether oxygens (including phenoxy) is 1. The number of quaternary nitrogens is 1. The smallest absolute Gasteiger partial charge is 0.324 e. The highest BCUT2D eigenvalue weighted by Crippen LogP contribution is 2.38. The third-order valence-corrected chi connectivity index (χ3v) is 6.59. The molecule has 2 aromatic rings. The zero-order chi connectivity index (χ0) is 19.0. The van der Waals surface area contributed by atoms with Crippen LogP contribution in [0.4, 0.5) is 4.39 Å². The molecule has 0 amide bonds. The molecule has 2 heterocycles. The maximum Gasteiger partial charge on any atom is 0.324 e. The standard InChI is InChI=1S/C18H21FN4O2S2/c1-25-17(24)15-10-21(8-9-27-15)11-22-18(26)23(12-6-7-12)16(20-22)13-4-2-3-5-14(13)19/h2-5,12,15H,6-11H2,1H3/p+1/t15-/m0/s1. The Morgan fingerprint density at radius 3 is 2.93 bits per heavy atom. The topological polar surface area (TPSA) is 53.5 Å². The molecule has 1 saturated carbocycles. The lowest BCUT2D eigenvalue weighted by Crippen LogP contribution is -3.14. The molecule has 1 N–H and O–H groups in total. The first kappa shape index (κ1) is 18.6. The lowest BCUT2D eigenvalue weighted by Gasteiger charge is -2.27. The third-order valence-electron chi connectivity index (χ3n) is 4.98. The fraction of sp³-hybridized carbons (Fsp3) is 0.500. The average Bonchev–Trinajstić information content (AvgIpc) is 3.47. The van der Waals surface area contributed by atoms with Crippen LogP contribution >= 0.6 is 24.0 Å².